The minimum absolute atomic E-state index is 0.137. The molecule has 1 aliphatic carbocycles. The highest BCUT2D eigenvalue weighted by atomic mass is 35.5. The normalized spacial score (nSPS) is 18.0. The zero-order valence-electron chi connectivity index (χ0n) is 12.6. The Morgan fingerprint density at radius 1 is 1.17 bits per heavy atom. The second-order valence-corrected chi connectivity index (χ2v) is 6.25. The molecular weight excluding hydrogens is 323 g/mol. The average Bonchev–Trinajstić information content (AvgIpc) is 3.38. The Labute approximate surface area is 138 Å². The number of carbonyl (C=O) groups is 2. The van der Waals surface area contributed by atoms with Gasteiger partial charge in [-0.05, 0) is 31.0 Å². The average molecular weight is 341 g/mol. The van der Waals surface area contributed by atoms with E-state index in [0.717, 1.165) is 18.9 Å². The Hall–Kier alpha value is -1.82. The maximum atomic E-state index is 13.0. The van der Waals surface area contributed by atoms with Crippen molar-refractivity contribution in [1.82, 2.24) is 9.80 Å². The fourth-order valence-electron chi connectivity index (χ4n) is 2.59. The third-order valence-electron chi connectivity index (χ3n) is 4.12. The molecule has 1 saturated heterocycles. The van der Waals surface area contributed by atoms with E-state index in [4.69, 9.17) is 16.3 Å². The molecule has 0 bridgehead atoms. The summed E-state index contributed by atoms with van der Waals surface area (Å²) < 4.78 is 18.3. The number of hydrogen-bond donors (Lipinski definition) is 0. The minimum atomic E-state index is -0.454. The summed E-state index contributed by atoms with van der Waals surface area (Å²) >= 11 is 5.85. The van der Waals surface area contributed by atoms with Crippen LogP contribution in [-0.2, 0) is 9.59 Å². The fourth-order valence-corrected chi connectivity index (χ4v) is 2.81. The Morgan fingerprint density at radius 2 is 1.83 bits per heavy atom. The van der Waals surface area contributed by atoms with Gasteiger partial charge in [0.05, 0.1) is 5.02 Å². The number of ether oxygens (including phenoxy) is 1. The van der Waals surface area contributed by atoms with E-state index < -0.39 is 5.82 Å². The fraction of sp³-hybridized carbons (Fsp3) is 0.500. The summed E-state index contributed by atoms with van der Waals surface area (Å²) in [5.41, 5.74) is 0. The summed E-state index contributed by atoms with van der Waals surface area (Å²) in [4.78, 5) is 27.6. The maximum Gasteiger partial charge on any atom is 0.260 e. The first-order valence-corrected chi connectivity index (χ1v) is 8.07. The van der Waals surface area contributed by atoms with Gasteiger partial charge in [0, 0.05) is 32.1 Å². The van der Waals surface area contributed by atoms with E-state index in [0.29, 0.717) is 26.2 Å². The molecule has 23 heavy (non-hydrogen) atoms. The molecule has 7 heteroatoms. The van der Waals surface area contributed by atoms with E-state index in [1.54, 1.807) is 4.90 Å². The Morgan fingerprint density at radius 3 is 2.43 bits per heavy atom. The van der Waals surface area contributed by atoms with Crippen molar-refractivity contribution in [3.63, 3.8) is 0 Å². The number of nitrogens with zero attached hydrogens (tertiary/aromatic N) is 2. The number of piperazine rings is 1. The summed E-state index contributed by atoms with van der Waals surface area (Å²) in [7, 11) is 0. The maximum absolute atomic E-state index is 13.0. The first-order chi connectivity index (χ1) is 11.0. The molecule has 2 amide bonds. The van der Waals surface area contributed by atoms with Crippen LogP contribution in [-0.4, -0.2) is 54.4 Å². The van der Waals surface area contributed by atoms with Crippen molar-refractivity contribution >= 4 is 23.4 Å². The van der Waals surface area contributed by atoms with Gasteiger partial charge in [0.15, 0.2) is 6.61 Å². The smallest absolute Gasteiger partial charge is 0.260 e. The van der Waals surface area contributed by atoms with Gasteiger partial charge in [-0.3, -0.25) is 9.59 Å². The molecule has 5 nitrogen and oxygen atoms in total. The van der Waals surface area contributed by atoms with E-state index >= 15 is 0 Å². The summed E-state index contributed by atoms with van der Waals surface area (Å²) in [5.74, 6) is 0.0886. The number of hydrogen-bond acceptors (Lipinski definition) is 3. The van der Waals surface area contributed by atoms with Crippen molar-refractivity contribution in [2.75, 3.05) is 32.8 Å². The van der Waals surface area contributed by atoms with E-state index in [1.807, 2.05) is 4.90 Å². The second kappa shape index (κ2) is 6.74. The van der Waals surface area contributed by atoms with Crippen LogP contribution in [0, 0.1) is 11.7 Å². The van der Waals surface area contributed by atoms with Gasteiger partial charge in [0.25, 0.3) is 5.91 Å². The zero-order chi connectivity index (χ0) is 16.4. The molecule has 1 aromatic rings. The molecule has 1 heterocycles. The number of halogens is 2. The summed E-state index contributed by atoms with van der Waals surface area (Å²) in [6, 6.07) is 3.77. The predicted molar refractivity (Wildman–Crippen MR) is 82.8 cm³/mol. The third-order valence-corrected chi connectivity index (χ3v) is 4.41. The van der Waals surface area contributed by atoms with Crippen LogP contribution in [0.15, 0.2) is 18.2 Å². The number of benzene rings is 1. The van der Waals surface area contributed by atoms with E-state index in [9.17, 15) is 14.0 Å². The molecule has 1 aromatic carbocycles. The highest BCUT2D eigenvalue weighted by molar-refractivity contribution is 6.32. The van der Waals surface area contributed by atoms with E-state index in [-0.39, 0.29) is 35.1 Å². The molecule has 124 valence electrons. The van der Waals surface area contributed by atoms with Crippen molar-refractivity contribution < 1.29 is 18.7 Å². The van der Waals surface area contributed by atoms with Gasteiger partial charge in [-0.2, -0.15) is 0 Å². The monoisotopic (exact) mass is 340 g/mol. The molecule has 0 radical (unpaired) electrons. The van der Waals surface area contributed by atoms with Crippen LogP contribution >= 0.6 is 11.6 Å². The molecule has 1 saturated carbocycles. The Bertz CT molecular complexity index is 613. The lowest BCUT2D eigenvalue weighted by molar-refractivity contribution is -0.141. The van der Waals surface area contributed by atoms with Crippen molar-refractivity contribution in [3.05, 3.63) is 29.0 Å². The molecular formula is C16H18ClFN2O3. The van der Waals surface area contributed by atoms with Crippen LogP contribution in [0.3, 0.4) is 0 Å². The molecule has 0 atom stereocenters. The second-order valence-electron chi connectivity index (χ2n) is 5.84. The van der Waals surface area contributed by atoms with Crippen LogP contribution in [0.5, 0.6) is 5.75 Å². The van der Waals surface area contributed by atoms with Crippen LogP contribution in [0.2, 0.25) is 5.02 Å². The lowest BCUT2D eigenvalue weighted by Crippen LogP contribution is -2.52. The van der Waals surface area contributed by atoms with Crippen molar-refractivity contribution in [2.45, 2.75) is 12.8 Å². The molecule has 3 rings (SSSR count). The van der Waals surface area contributed by atoms with Gasteiger partial charge in [0.1, 0.15) is 11.6 Å². The molecule has 1 aliphatic heterocycles. The van der Waals surface area contributed by atoms with Crippen LogP contribution in [0.1, 0.15) is 12.8 Å². The quantitative estimate of drug-likeness (QED) is 0.841. The van der Waals surface area contributed by atoms with Crippen molar-refractivity contribution in [1.29, 1.82) is 0 Å². The molecule has 0 spiro atoms. The van der Waals surface area contributed by atoms with Crippen LogP contribution in [0.4, 0.5) is 4.39 Å². The summed E-state index contributed by atoms with van der Waals surface area (Å²) in [6.45, 7) is 2.01. The van der Waals surface area contributed by atoms with E-state index in [1.165, 1.54) is 12.1 Å². The largest absolute Gasteiger partial charge is 0.482 e. The molecule has 0 N–H and O–H groups in total. The first kappa shape index (κ1) is 16.1. The van der Waals surface area contributed by atoms with Gasteiger partial charge >= 0.3 is 0 Å². The number of amides is 2. The summed E-state index contributed by atoms with van der Waals surface area (Å²) in [5, 5.41) is 0.137. The third kappa shape index (κ3) is 3.93. The molecule has 0 unspecified atom stereocenters. The minimum Gasteiger partial charge on any atom is -0.482 e. The summed E-state index contributed by atoms with van der Waals surface area (Å²) in [6.07, 6.45) is 1.98. The lowest BCUT2D eigenvalue weighted by atomic mass is 10.2. The molecule has 0 aromatic heterocycles. The van der Waals surface area contributed by atoms with Gasteiger partial charge in [-0.1, -0.05) is 11.6 Å². The Kier molecular flexibility index (Phi) is 4.71. The van der Waals surface area contributed by atoms with Gasteiger partial charge in [0.2, 0.25) is 5.91 Å². The Balaban J connectivity index is 1.46. The number of rotatable bonds is 4. The highest BCUT2D eigenvalue weighted by Crippen LogP contribution is 2.31. The highest BCUT2D eigenvalue weighted by Gasteiger charge is 2.35. The lowest BCUT2D eigenvalue weighted by Gasteiger charge is -2.34. The van der Waals surface area contributed by atoms with Crippen LogP contribution < -0.4 is 4.74 Å². The predicted octanol–water partition coefficient (Wildman–Crippen LogP) is 1.94. The number of carbonyl (C=O) groups excluding carboxylic acids is 2. The first-order valence-electron chi connectivity index (χ1n) is 7.69. The van der Waals surface area contributed by atoms with Gasteiger partial charge in [-0.15, -0.1) is 0 Å². The van der Waals surface area contributed by atoms with E-state index in [2.05, 4.69) is 0 Å². The molecule has 2 fully saturated rings. The SMILES string of the molecule is O=C(COc1ccc(F)cc1Cl)N1CCN(C(=O)C2CC2)CC1. The van der Waals surface area contributed by atoms with Crippen molar-refractivity contribution in [3.8, 4) is 5.75 Å². The topological polar surface area (TPSA) is 49.9 Å². The zero-order valence-corrected chi connectivity index (χ0v) is 13.4. The van der Waals surface area contributed by atoms with Crippen LogP contribution in [0.25, 0.3) is 0 Å². The van der Waals surface area contributed by atoms with Gasteiger partial charge < -0.3 is 14.5 Å². The standard InChI is InChI=1S/C16H18ClFN2O3/c17-13-9-12(18)3-4-14(13)23-10-15(21)19-5-7-20(8-6-19)16(22)11-1-2-11/h3-4,9,11H,1-2,5-8,10H2. The molecule has 2 aliphatic rings. The van der Waals surface area contributed by atoms with Crippen molar-refractivity contribution in [2.24, 2.45) is 5.92 Å². The van der Waals surface area contributed by atoms with Gasteiger partial charge in [-0.25, -0.2) is 4.39 Å².